The summed E-state index contributed by atoms with van der Waals surface area (Å²) in [5.41, 5.74) is 7.05. The summed E-state index contributed by atoms with van der Waals surface area (Å²) >= 11 is 0. The monoisotopic (exact) mass is 233 g/mol. The summed E-state index contributed by atoms with van der Waals surface area (Å²) in [5.74, 6) is -0.0242. The van der Waals surface area contributed by atoms with Crippen LogP contribution in [0.15, 0.2) is 24.4 Å². The lowest BCUT2D eigenvalue weighted by Crippen LogP contribution is -2.34. The van der Waals surface area contributed by atoms with Crippen LogP contribution >= 0.6 is 0 Å². The Bertz CT molecular complexity index is 426. The quantitative estimate of drug-likeness (QED) is 0.781. The molecule has 1 aromatic heterocycles. The minimum absolute atomic E-state index is 0.0242. The highest BCUT2D eigenvalue weighted by Gasteiger charge is 2.17. The molecule has 0 saturated heterocycles. The Kier molecular flexibility index (Phi) is 3.52. The summed E-state index contributed by atoms with van der Waals surface area (Å²) < 4.78 is 1.92. The Balaban J connectivity index is 2.06. The van der Waals surface area contributed by atoms with Gasteiger partial charge in [0.15, 0.2) is 0 Å². The van der Waals surface area contributed by atoms with Gasteiger partial charge in [0.1, 0.15) is 5.69 Å². The van der Waals surface area contributed by atoms with Crippen LogP contribution in [-0.2, 0) is 6.54 Å². The molecule has 2 rings (SSSR count). The van der Waals surface area contributed by atoms with Crippen LogP contribution in [0, 0.1) is 0 Å². The number of carbonyl (C=O) groups is 1. The highest BCUT2D eigenvalue weighted by atomic mass is 16.2. The van der Waals surface area contributed by atoms with Crippen molar-refractivity contribution in [3.05, 3.63) is 30.1 Å². The van der Waals surface area contributed by atoms with E-state index in [1.54, 1.807) is 6.07 Å². The van der Waals surface area contributed by atoms with Gasteiger partial charge < -0.3 is 15.6 Å². The van der Waals surface area contributed by atoms with Crippen molar-refractivity contribution in [2.45, 2.75) is 38.8 Å². The molecule has 0 saturated carbocycles. The smallest absolute Gasteiger partial charge is 0.268 e. The minimum atomic E-state index is -0.0242. The minimum Gasteiger partial charge on any atom is -0.397 e. The molecule has 0 bridgehead atoms. The van der Waals surface area contributed by atoms with E-state index in [9.17, 15) is 4.79 Å². The SMILES string of the molecule is CCCn1cc(N)cc1C(=O)NC1CC=CC1. The number of nitrogens with one attached hydrogen (secondary N) is 1. The summed E-state index contributed by atoms with van der Waals surface area (Å²) in [6.07, 6.45) is 8.87. The van der Waals surface area contributed by atoms with Crippen LogP contribution in [0.5, 0.6) is 0 Å². The summed E-state index contributed by atoms with van der Waals surface area (Å²) in [5, 5.41) is 3.03. The van der Waals surface area contributed by atoms with Crippen LogP contribution in [0.3, 0.4) is 0 Å². The second-order valence-corrected chi connectivity index (χ2v) is 4.47. The first-order valence-electron chi connectivity index (χ1n) is 6.12. The van der Waals surface area contributed by atoms with E-state index in [0.717, 1.165) is 25.8 Å². The Morgan fingerprint density at radius 3 is 2.88 bits per heavy atom. The van der Waals surface area contributed by atoms with Crippen molar-refractivity contribution in [1.82, 2.24) is 9.88 Å². The zero-order valence-corrected chi connectivity index (χ0v) is 10.1. The van der Waals surface area contributed by atoms with Crippen LogP contribution in [-0.4, -0.2) is 16.5 Å². The van der Waals surface area contributed by atoms with E-state index in [0.29, 0.717) is 11.4 Å². The van der Waals surface area contributed by atoms with E-state index in [2.05, 4.69) is 24.4 Å². The number of hydrogen-bond donors (Lipinski definition) is 2. The molecule has 1 aliphatic carbocycles. The van der Waals surface area contributed by atoms with E-state index in [4.69, 9.17) is 5.73 Å². The first-order chi connectivity index (χ1) is 8.20. The molecular formula is C13H19N3O. The number of anilines is 1. The summed E-state index contributed by atoms with van der Waals surface area (Å²) in [6.45, 7) is 2.90. The molecule has 1 aromatic rings. The lowest BCUT2D eigenvalue weighted by Gasteiger charge is -2.13. The van der Waals surface area contributed by atoms with Crippen molar-refractivity contribution in [3.63, 3.8) is 0 Å². The van der Waals surface area contributed by atoms with E-state index >= 15 is 0 Å². The molecule has 0 spiro atoms. The highest BCUT2D eigenvalue weighted by molar-refractivity contribution is 5.94. The Labute approximate surface area is 101 Å². The second-order valence-electron chi connectivity index (χ2n) is 4.47. The first kappa shape index (κ1) is 11.8. The van der Waals surface area contributed by atoms with Crippen molar-refractivity contribution in [3.8, 4) is 0 Å². The van der Waals surface area contributed by atoms with Crippen molar-refractivity contribution >= 4 is 11.6 Å². The molecule has 0 aliphatic heterocycles. The van der Waals surface area contributed by atoms with Crippen molar-refractivity contribution in [1.29, 1.82) is 0 Å². The number of aromatic nitrogens is 1. The van der Waals surface area contributed by atoms with Gasteiger partial charge in [0.05, 0.1) is 5.69 Å². The summed E-state index contributed by atoms with van der Waals surface area (Å²) in [4.78, 5) is 12.1. The normalized spacial score (nSPS) is 15.4. The Hall–Kier alpha value is -1.71. The number of rotatable bonds is 4. The Morgan fingerprint density at radius 1 is 1.53 bits per heavy atom. The molecule has 0 atom stereocenters. The lowest BCUT2D eigenvalue weighted by atomic mass is 10.2. The van der Waals surface area contributed by atoms with Gasteiger partial charge in [0, 0.05) is 18.8 Å². The van der Waals surface area contributed by atoms with Gasteiger partial charge in [0.2, 0.25) is 0 Å². The van der Waals surface area contributed by atoms with Gasteiger partial charge >= 0.3 is 0 Å². The van der Waals surface area contributed by atoms with E-state index in [1.807, 2.05) is 10.8 Å². The molecule has 4 heteroatoms. The fourth-order valence-corrected chi connectivity index (χ4v) is 2.14. The van der Waals surface area contributed by atoms with Crippen LogP contribution in [0.1, 0.15) is 36.7 Å². The molecule has 0 aromatic carbocycles. The van der Waals surface area contributed by atoms with Gasteiger partial charge in [-0.1, -0.05) is 19.1 Å². The topological polar surface area (TPSA) is 60.0 Å². The molecule has 0 radical (unpaired) electrons. The van der Waals surface area contributed by atoms with Crippen molar-refractivity contribution < 1.29 is 4.79 Å². The zero-order chi connectivity index (χ0) is 12.3. The fourth-order valence-electron chi connectivity index (χ4n) is 2.14. The molecule has 3 N–H and O–H groups in total. The number of nitrogens with zero attached hydrogens (tertiary/aromatic N) is 1. The van der Waals surface area contributed by atoms with Gasteiger partial charge in [-0.3, -0.25) is 4.79 Å². The zero-order valence-electron chi connectivity index (χ0n) is 10.1. The molecule has 4 nitrogen and oxygen atoms in total. The summed E-state index contributed by atoms with van der Waals surface area (Å²) in [6, 6.07) is 1.99. The van der Waals surface area contributed by atoms with Crippen molar-refractivity contribution in [2.24, 2.45) is 0 Å². The number of carbonyl (C=O) groups excluding carboxylic acids is 1. The van der Waals surface area contributed by atoms with Crippen LogP contribution in [0.2, 0.25) is 0 Å². The number of nitrogens with two attached hydrogens (primary N) is 1. The largest absolute Gasteiger partial charge is 0.397 e. The molecular weight excluding hydrogens is 214 g/mol. The van der Waals surface area contributed by atoms with Gasteiger partial charge in [-0.05, 0) is 25.3 Å². The van der Waals surface area contributed by atoms with Crippen molar-refractivity contribution in [2.75, 3.05) is 5.73 Å². The molecule has 1 heterocycles. The third-order valence-corrected chi connectivity index (χ3v) is 2.96. The van der Waals surface area contributed by atoms with Crippen LogP contribution in [0.4, 0.5) is 5.69 Å². The van der Waals surface area contributed by atoms with Gasteiger partial charge in [0.25, 0.3) is 5.91 Å². The molecule has 0 fully saturated rings. The fraction of sp³-hybridized carbons (Fsp3) is 0.462. The first-order valence-corrected chi connectivity index (χ1v) is 6.12. The average Bonchev–Trinajstić information content (AvgIpc) is 2.88. The van der Waals surface area contributed by atoms with Crippen LogP contribution in [0.25, 0.3) is 0 Å². The van der Waals surface area contributed by atoms with E-state index < -0.39 is 0 Å². The van der Waals surface area contributed by atoms with Gasteiger partial charge in [-0.15, -0.1) is 0 Å². The maximum absolute atomic E-state index is 12.1. The number of amides is 1. The number of hydrogen-bond acceptors (Lipinski definition) is 2. The van der Waals surface area contributed by atoms with Gasteiger partial charge in [-0.25, -0.2) is 0 Å². The Morgan fingerprint density at radius 2 is 2.24 bits per heavy atom. The highest BCUT2D eigenvalue weighted by Crippen LogP contribution is 2.14. The van der Waals surface area contributed by atoms with E-state index in [-0.39, 0.29) is 11.9 Å². The number of nitrogen functional groups attached to an aromatic ring is 1. The molecule has 1 amide bonds. The molecule has 0 unspecified atom stereocenters. The predicted octanol–water partition coefficient (Wildman–Crippen LogP) is 1.93. The lowest BCUT2D eigenvalue weighted by molar-refractivity contribution is 0.0929. The van der Waals surface area contributed by atoms with Crippen LogP contribution < -0.4 is 11.1 Å². The predicted molar refractivity (Wildman–Crippen MR) is 68.8 cm³/mol. The third kappa shape index (κ3) is 2.70. The standard InChI is InChI=1S/C13H19N3O/c1-2-7-16-9-10(14)8-12(16)13(17)15-11-5-3-4-6-11/h3-4,8-9,11H,2,5-7,14H2,1H3,(H,15,17). The maximum Gasteiger partial charge on any atom is 0.268 e. The molecule has 17 heavy (non-hydrogen) atoms. The molecule has 1 aliphatic rings. The average molecular weight is 233 g/mol. The third-order valence-electron chi connectivity index (χ3n) is 2.96. The molecule has 92 valence electrons. The second kappa shape index (κ2) is 5.08. The summed E-state index contributed by atoms with van der Waals surface area (Å²) in [7, 11) is 0. The van der Waals surface area contributed by atoms with E-state index in [1.165, 1.54) is 0 Å². The maximum atomic E-state index is 12.1. The number of aryl methyl sites for hydroxylation is 1. The van der Waals surface area contributed by atoms with Gasteiger partial charge in [-0.2, -0.15) is 0 Å².